The standard InChI is InChI=1S/C35H24N4O/c1-38-33-15-5-3-11-31(33)37-35(38)24-16-17-28-27-10-2-4-14-32(27)39(34(28)21-24)26-9-6-8-23(20-26)29-12-7-13-30(36-29)25-18-19-40-22-25/h2-22H,1H3. The molecule has 4 heterocycles. The number of rotatable bonds is 4. The van der Waals surface area contributed by atoms with Crippen LogP contribution < -0.4 is 0 Å². The first-order valence-corrected chi connectivity index (χ1v) is 13.3. The fourth-order valence-corrected chi connectivity index (χ4v) is 5.76. The van der Waals surface area contributed by atoms with E-state index in [1.807, 2.05) is 24.3 Å². The van der Waals surface area contributed by atoms with Gasteiger partial charge in [0.15, 0.2) is 0 Å². The van der Waals surface area contributed by atoms with Gasteiger partial charge in [0.2, 0.25) is 0 Å². The smallest absolute Gasteiger partial charge is 0.140 e. The van der Waals surface area contributed by atoms with Crippen molar-refractivity contribution in [2.75, 3.05) is 0 Å². The molecule has 0 fully saturated rings. The lowest BCUT2D eigenvalue weighted by Crippen LogP contribution is -1.96. The normalized spacial score (nSPS) is 11.6. The van der Waals surface area contributed by atoms with Gasteiger partial charge in [-0.3, -0.25) is 0 Å². The minimum absolute atomic E-state index is 0.889. The average molecular weight is 517 g/mol. The Labute approximate surface area is 230 Å². The van der Waals surface area contributed by atoms with E-state index in [0.29, 0.717) is 0 Å². The molecule has 0 unspecified atom stereocenters. The largest absolute Gasteiger partial charge is 0.472 e. The molecule has 0 spiro atoms. The number of aryl methyl sites for hydroxylation is 1. The molecule has 0 aliphatic heterocycles. The van der Waals surface area contributed by atoms with Crippen LogP contribution in [0.4, 0.5) is 0 Å². The van der Waals surface area contributed by atoms with Gasteiger partial charge in [0.05, 0.1) is 46.0 Å². The average Bonchev–Trinajstić information content (AvgIpc) is 3.74. The Morgan fingerprint density at radius 3 is 2.20 bits per heavy atom. The predicted octanol–water partition coefficient (Wildman–Crippen LogP) is 8.66. The lowest BCUT2D eigenvalue weighted by molar-refractivity contribution is 0.568. The number of hydrogen-bond donors (Lipinski definition) is 0. The molecule has 0 amide bonds. The number of benzene rings is 4. The summed E-state index contributed by atoms with van der Waals surface area (Å²) in [6, 6.07) is 40.2. The van der Waals surface area contributed by atoms with E-state index in [0.717, 1.165) is 61.7 Å². The molecule has 0 aliphatic rings. The van der Waals surface area contributed by atoms with Crippen molar-refractivity contribution in [3.63, 3.8) is 0 Å². The molecule has 40 heavy (non-hydrogen) atoms. The Kier molecular flexibility index (Phi) is 4.97. The van der Waals surface area contributed by atoms with Crippen LogP contribution in [0, 0.1) is 0 Å². The quantitative estimate of drug-likeness (QED) is 0.235. The first-order chi connectivity index (χ1) is 19.7. The van der Waals surface area contributed by atoms with Crippen molar-refractivity contribution in [3.05, 3.63) is 128 Å². The summed E-state index contributed by atoms with van der Waals surface area (Å²) >= 11 is 0. The molecule has 0 aliphatic carbocycles. The second-order valence-electron chi connectivity index (χ2n) is 10.0. The third-order valence-corrected chi connectivity index (χ3v) is 7.69. The topological polar surface area (TPSA) is 48.8 Å². The van der Waals surface area contributed by atoms with Crippen molar-refractivity contribution < 1.29 is 4.42 Å². The highest BCUT2D eigenvalue weighted by molar-refractivity contribution is 6.10. The second kappa shape index (κ2) is 8.82. The second-order valence-corrected chi connectivity index (χ2v) is 10.0. The Morgan fingerprint density at radius 1 is 0.575 bits per heavy atom. The van der Waals surface area contributed by atoms with Crippen molar-refractivity contribution in [2.45, 2.75) is 0 Å². The van der Waals surface area contributed by atoms with Gasteiger partial charge in [0, 0.05) is 40.2 Å². The summed E-state index contributed by atoms with van der Waals surface area (Å²) < 4.78 is 9.80. The summed E-state index contributed by atoms with van der Waals surface area (Å²) in [5.74, 6) is 0.953. The van der Waals surface area contributed by atoms with Crippen LogP contribution in [0.3, 0.4) is 0 Å². The van der Waals surface area contributed by atoms with Crippen molar-refractivity contribution >= 4 is 32.8 Å². The maximum Gasteiger partial charge on any atom is 0.140 e. The van der Waals surface area contributed by atoms with Crippen LogP contribution in [0.2, 0.25) is 0 Å². The van der Waals surface area contributed by atoms with Gasteiger partial charge in [-0.2, -0.15) is 0 Å². The number of hydrogen-bond acceptors (Lipinski definition) is 3. The van der Waals surface area contributed by atoms with E-state index in [1.54, 1.807) is 12.5 Å². The number of para-hydroxylation sites is 3. The van der Waals surface area contributed by atoms with Crippen LogP contribution in [0.1, 0.15) is 0 Å². The van der Waals surface area contributed by atoms with Crippen molar-refractivity contribution in [2.24, 2.45) is 7.05 Å². The third kappa shape index (κ3) is 3.48. The van der Waals surface area contributed by atoms with E-state index in [9.17, 15) is 0 Å². The number of imidazole rings is 1. The number of furan rings is 1. The lowest BCUT2D eigenvalue weighted by Gasteiger charge is -2.11. The van der Waals surface area contributed by atoms with E-state index >= 15 is 0 Å². The first-order valence-electron chi connectivity index (χ1n) is 13.3. The van der Waals surface area contributed by atoms with E-state index in [4.69, 9.17) is 14.4 Å². The molecule has 0 saturated carbocycles. The van der Waals surface area contributed by atoms with Crippen LogP contribution >= 0.6 is 0 Å². The van der Waals surface area contributed by atoms with Gasteiger partial charge < -0.3 is 13.6 Å². The minimum atomic E-state index is 0.889. The molecule has 0 atom stereocenters. The highest BCUT2D eigenvalue weighted by atomic mass is 16.3. The van der Waals surface area contributed by atoms with Gasteiger partial charge in [0.25, 0.3) is 0 Å². The molecular formula is C35H24N4O. The monoisotopic (exact) mass is 516 g/mol. The Morgan fingerprint density at radius 2 is 1.35 bits per heavy atom. The molecule has 0 bridgehead atoms. The van der Waals surface area contributed by atoms with E-state index in [1.165, 1.54) is 10.8 Å². The van der Waals surface area contributed by atoms with E-state index in [-0.39, 0.29) is 0 Å². The first kappa shape index (κ1) is 22.6. The zero-order valence-corrected chi connectivity index (χ0v) is 21.8. The molecule has 4 aromatic heterocycles. The van der Waals surface area contributed by atoms with Crippen LogP contribution in [-0.2, 0) is 7.05 Å². The molecule has 4 aromatic carbocycles. The van der Waals surface area contributed by atoms with Crippen molar-refractivity contribution in [1.82, 2.24) is 19.1 Å². The van der Waals surface area contributed by atoms with Crippen LogP contribution in [-0.4, -0.2) is 19.1 Å². The molecule has 0 saturated heterocycles. The fraction of sp³-hybridized carbons (Fsp3) is 0.0286. The van der Waals surface area contributed by atoms with Gasteiger partial charge >= 0.3 is 0 Å². The third-order valence-electron chi connectivity index (χ3n) is 7.69. The molecule has 8 rings (SSSR count). The predicted molar refractivity (Wildman–Crippen MR) is 161 cm³/mol. The Hall–Kier alpha value is -5.42. The maximum atomic E-state index is 5.28. The number of nitrogens with zero attached hydrogens (tertiary/aromatic N) is 4. The lowest BCUT2D eigenvalue weighted by atomic mass is 10.1. The van der Waals surface area contributed by atoms with Crippen LogP contribution in [0.5, 0.6) is 0 Å². The molecule has 0 N–H and O–H groups in total. The molecule has 190 valence electrons. The van der Waals surface area contributed by atoms with Crippen molar-refractivity contribution in [1.29, 1.82) is 0 Å². The van der Waals surface area contributed by atoms with Gasteiger partial charge in [0.1, 0.15) is 5.82 Å². The van der Waals surface area contributed by atoms with E-state index < -0.39 is 0 Å². The summed E-state index contributed by atoms with van der Waals surface area (Å²) in [7, 11) is 2.08. The molecular weight excluding hydrogens is 492 g/mol. The summed E-state index contributed by atoms with van der Waals surface area (Å²) in [6.07, 6.45) is 3.40. The van der Waals surface area contributed by atoms with Crippen LogP contribution in [0.15, 0.2) is 132 Å². The summed E-state index contributed by atoms with van der Waals surface area (Å²) in [5, 5.41) is 2.43. The van der Waals surface area contributed by atoms with Gasteiger partial charge in [-0.05, 0) is 54.6 Å². The van der Waals surface area contributed by atoms with Gasteiger partial charge in [-0.1, -0.05) is 60.7 Å². The Balaban J connectivity index is 1.32. The fourth-order valence-electron chi connectivity index (χ4n) is 5.76. The molecule has 8 aromatic rings. The van der Waals surface area contributed by atoms with Gasteiger partial charge in [-0.25, -0.2) is 9.97 Å². The van der Waals surface area contributed by atoms with E-state index in [2.05, 4.69) is 107 Å². The maximum absolute atomic E-state index is 5.28. The Bertz CT molecular complexity index is 2180. The molecule has 0 radical (unpaired) electrons. The summed E-state index contributed by atoms with van der Waals surface area (Å²) in [4.78, 5) is 9.90. The zero-order valence-electron chi connectivity index (χ0n) is 21.8. The van der Waals surface area contributed by atoms with Crippen molar-refractivity contribution in [3.8, 4) is 39.6 Å². The SMILES string of the molecule is Cn1c(-c2ccc3c4ccccc4n(-c4cccc(-c5cccc(-c6ccoc6)n5)c4)c3c2)nc2ccccc21. The highest BCUT2D eigenvalue weighted by Crippen LogP contribution is 2.36. The summed E-state index contributed by atoms with van der Waals surface area (Å²) in [5.41, 5.74) is 10.4. The molecule has 5 nitrogen and oxygen atoms in total. The summed E-state index contributed by atoms with van der Waals surface area (Å²) in [6.45, 7) is 0. The zero-order chi connectivity index (χ0) is 26.6. The number of pyridine rings is 1. The number of aromatic nitrogens is 4. The number of fused-ring (bicyclic) bond motifs is 4. The highest BCUT2D eigenvalue weighted by Gasteiger charge is 2.16. The minimum Gasteiger partial charge on any atom is -0.472 e. The molecule has 5 heteroatoms. The van der Waals surface area contributed by atoms with Gasteiger partial charge in [-0.15, -0.1) is 0 Å². The van der Waals surface area contributed by atoms with Crippen LogP contribution in [0.25, 0.3) is 72.4 Å².